The lowest BCUT2D eigenvalue weighted by Gasteiger charge is -2.56. The molecule has 3 aliphatic rings. The van der Waals surface area contributed by atoms with E-state index in [-0.39, 0.29) is 0 Å². The van der Waals surface area contributed by atoms with Crippen molar-refractivity contribution in [3.05, 3.63) is 0 Å². The molecule has 1 aliphatic heterocycles. The molecule has 0 aromatic heterocycles. The summed E-state index contributed by atoms with van der Waals surface area (Å²) in [5.41, 5.74) is 0.781. The Morgan fingerprint density at radius 2 is 1.69 bits per heavy atom. The number of fused-ring (bicyclic) bond motifs is 2. The zero-order valence-electron chi connectivity index (χ0n) is 8.52. The van der Waals surface area contributed by atoms with Crippen LogP contribution in [-0.4, -0.2) is 12.6 Å². The predicted molar refractivity (Wildman–Crippen MR) is 54.6 cm³/mol. The van der Waals surface area contributed by atoms with Crippen LogP contribution in [0.25, 0.3) is 0 Å². The molecule has 13 heavy (non-hydrogen) atoms. The number of piperidine rings is 1. The average molecular weight is 179 g/mol. The van der Waals surface area contributed by atoms with Gasteiger partial charge in [0.15, 0.2) is 0 Å². The maximum atomic E-state index is 3.81. The monoisotopic (exact) mass is 179 g/mol. The van der Waals surface area contributed by atoms with Crippen LogP contribution in [0.1, 0.15) is 51.4 Å². The highest BCUT2D eigenvalue weighted by molar-refractivity contribution is 5.03. The van der Waals surface area contributed by atoms with Crippen LogP contribution in [0, 0.1) is 11.3 Å². The minimum atomic E-state index is 0.781. The van der Waals surface area contributed by atoms with Gasteiger partial charge in [0.05, 0.1) is 0 Å². The van der Waals surface area contributed by atoms with Crippen LogP contribution in [-0.2, 0) is 0 Å². The van der Waals surface area contributed by atoms with E-state index in [9.17, 15) is 0 Å². The molecule has 1 nitrogen and oxygen atoms in total. The normalized spacial score (nSPS) is 42.5. The van der Waals surface area contributed by atoms with Crippen molar-refractivity contribution in [2.75, 3.05) is 6.54 Å². The molecule has 0 radical (unpaired) electrons. The molecule has 74 valence electrons. The Morgan fingerprint density at radius 1 is 0.923 bits per heavy atom. The van der Waals surface area contributed by atoms with Crippen molar-refractivity contribution in [3.8, 4) is 0 Å². The van der Waals surface area contributed by atoms with Crippen LogP contribution >= 0.6 is 0 Å². The van der Waals surface area contributed by atoms with Gasteiger partial charge in [-0.15, -0.1) is 0 Å². The third-order valence-corrected chi connectivity index (χ3v) is 4.85. The van der Waals surface area contributed by atoms with E-state index in [1.807, 2.05) is 0 Å². The van der Waals surface area contributed by atoms with Crippen LogP contribution in [0.2, 0.25) is 0 Å². The molecule has 0 bridgehead atoms. The maximum Gasteiger partial charge on any atom is 0.0152 e. The molecule has 1 spiro atoms. The fourth-order valence-corrected chi connectivity index (χ4v) is 4.05. The van der Waals surface area contributed by atoms with Crippen molar-refractivity contribution in [3.63, 3.8) is 0 Å². The zero-order chi connectivity index (χ0) is 8.73. The van der Waals surface area contributed by atoms with Gasteiger partial charge in [0, 0.05) is 6.04 Å². The van der Waals surface area contributed by atoms with Crippen LogP contribution < -0.4 is 5.32 Å². The number of nitrogens with one attached hydrogen (secondary N) is 1. The van der Waals surface area contributed by atoms with Crippen LogP contribution in [0.3, 0.4) is 0 Å². The van der Waals surface area contributed by atoms with E-state index < -0.39 is 0 Å². The van der Waals surface area contributed by atoms with E-state index in [1.54, 1.807) is 0 Å². The number of hydrogen-bond acceptors (Lipinski definition) is 1. The van der Waals surface area contributed by atoms with Gasteiger partial charge in [-0.25, -0.2) is 0 Å². The van der Waals surface area contributed by atoms with Crippen molar-refractivity contribution in [1.82, 2.24) is 5.32 Å². The fraction of sp³-hybridized carbons (Fsp3) is 1.00. The van der Waals surface area contributed by atoms with Gasteiger partial charge in [-0.2, -0.15) is 0 Å². The second-order valence-corrected chi connectivity index (χ2v) is 5.44. The van der Waals surface area contributed by atoms with Crippen LogP contribution in [0.15, 0.2) is 0 Å². The molecule has 1 heterocycles. The number of hydrogen-bond donors (Lipinski definition) is 1. The molecule has 1 heteroatoms. The first-order valence-electron chi connectivity index (χ1n) is 6.14. The van der Waals surface area contributed by atoms with Crippen molar-refractivity contribution >= 4 is 0 Å². The van der Waals surface area contributed by atoms with Crippen molar-refractivity contribution < 1.29 is 0 Å². The molecule has 1 saturated heterocycles. The fourth-order valence-electron chi connectivity index (χ4n) is 4.05. The molecule has 0 aromatic carbocycles. The molecule has 2 aliphatic carbocycles. The standard InChI is InChI=1S/C12H21N/c1-4-10-5-2-9-13-11(10)12(6-1)7-3-8-12/h10-11,13H,1-9H2. The van der Waals surface area contributed by atoms with E-state index in [4.69, 9.17) is 0 Å². The highest BCUT2D eigenvalue weighted by Gasteiger charge is 2.49. The minimum Gasteiger partial charge on any atom is -0.313 e. The first-order valence-corrected chi connectivity index (χ1v) is 6.14. The smallest absolute Gasteiger partial charge is 0.0152 e. The Balaban J connectivity index is 1.80. The summed E-state index contributed by atoms with van der Waals surface area (Å²) in [5.74, 6) is 1.04. The lowest BCUT2D eigenvalue weighted by Crippen LogP contribution is -2.57. The lowest BCUT2D eigenvalue weighted by molar-refractivity contribution is -0.0135. The Bertz CT molecular complexity index is 193. The summed E-state index contributed by atoms with van der Waals surface area (Å²) in [4.78, 5) is 0. The third kappa shape index (κ3) is 1.16. The van der Waals surface area contributed by atoms with Crippen LogP contribution in [0.4, 0.5) is 0 Å². The lowest BCUT2D eigenvalue weighted by atomic mass is 9.54. The molecule has 3 fully saturated rings. The van der Waals surface area contributed by atoms with Gasteiger partial charge < -0.3 is 5.32 Å². The molecular formula is C12H21N. The summed E-state index contributed by atoms with van der Waals surface area (Å²) in [5, 5.41) is 3.81. The highest BCUT2D eigenvalue weighted by atomic mass is 15.0. The molecule has 2 atom stereocenters. The molecular weight excluding hydrogens is 158 g/mol. The first-order chi connectivity index (χ1) is 6.41. The summed E-state index contributed by atoms with van der Waals surface area (Å²) >= 11 is 0. The molecule has 2 unspecified atom stereocenters. The average Bonchev–Trinajstić information content (AvgIpc) is 2.14. The number of rotatable bonds is 0. The summed E-state index contributed by atoms with van der Waals surface area (Å²) in [6.07, 6.45) is 12.1. The van der Waals surface area contributed by atoms with Gasteiger partial charge in [-0.05, 0) is 56.4 Å². The predicted octanol–water partition coefficient (Wildman–Crippen LogP) is 2.71. The van der Waals surface area contributed by atoms with Gasteiger partial charge in [0.2, 0.25) is 0 Å². The largest absolute Gasteiger partial charge is 0.313 e. The van der Waals surface area contributed by atoms with Crippen molar-refractivity contribution in [2.45, 2.75) is 57.4 Å². The van der Waals surface area contributed by atoms with Crippen molar-refractivity contribution in [2.24, 2.45) is 11.3 Å². The van der Waals surface area contributed by atoms with E-state index >= 15 is 0 Å². The van der Waals surface area contributed by atoms with Gasteiger partial charge >= 0.3 is 0 Å². The van der Waals surface area contributed by atoms with Crippen molar-refractivity contribution in [1.29, 1.82) is 0 Å². The quantitative estimate of drug-likeness (QED) is 0.603. The SMILES string of the molecule is C1CNC2C(C1)CCCC21CCC1. The highest BCUT2D eigenvalue weighted by Crippen LogP contribution is 2.54. The summed E-state index contributed by atoms with van der Waals surface area (Å²) in [6.45, 7) is 1.29. The Hall–Kier alpha value is -0.0400. The van der Waals surface area contributed by atoms with Gasteiger partial charge in [-0.3, -0.25) is 0 Å². The minimum absolute atomic E-state index is 0.781. The molecule has 1 N–H and O–H groups in total. The zero-order valence-corrected chi connectivity index (χ0v) is 8.52. The van der Waals surface area contributed by atoms with E-state index in [0.29, 0.717) is 0 Å². The molecule has 0 amide bonds. The second-order valence-electron chi connectivity index (χ2n) is 5.44. The topological polar surface area (TPSA) is 12.0 Å². The summed E-state index contributed by atoms with van der Waals surface area (Å²) in [7, 11) is 0. The molecule has 3 rings (SSSR count). The molecule has 0 aromatic rings. The summed E-state index contributed by atoms with van der Waals surface area (Å²) < 4.78 is 0. The molecule has 2 saturated carbocycles. The van der Waals surface area contributed by atoms with Gasteiger partial charge in [0.25, 0.3) is 0 Å². The first kappa shape index (κ1) is 8.28. The van der Waals surface area contributed by atoms with Gasteiger partial charge in [-0.1, -0.05) is 12.8 Å². The van der Waals surface area contributed by atoms with E-state index in [2.05, 4.69) is 5.32 Å². The van der Waals surface area contributed by atoms with Crippen LogP contribution in [0.5, 0.6) is 0 Å². The maximum absolute atomic E-state index is 3.81. The Labute approximate surface area is 81.3 Å². The Kier molecular flexibility index (Phi) is 1.90. The van der Waals surface area contributed by atoms with E-state index in [1.165, 1.54) is 57.9 Å². The van der Waals surface area contributed by atoms with Gasteiger partial charge in [0.1, 0.15) is 0 Å². The Morgan fingerprint density at radius 3 is 2.46 bits per heavy atom. The summed E-state index contributed by atoms with van der Waals surface area (Å²) in [6, 6.07) is 0.920. The third-order valence-electron chi connectivity index (χ3n) is 4.85. The second kappa shape index (κ2) is 2.98. The van der Waals surface area contributed by atoms with E-state index in [0.717, 1.165) is 17.4 Å².